The molecule has 0 spiro atoms. The molecule has 220 valence electrons. The number of likely N-dealkylation sites (tertiary alicyclic amines) is 1. The predicted molar refractivity (Wildman–Crippen MR) is 164 cm³/mol. The first-order valence-electron chi connectivity index (χ1n) is 14.7. The van der Waals surface area contributed by atoms with Crippen LogP contribution < -0.4 is 0 Å². The Morgan fingerprint density at radius 3 is 1.45 bits per heavy atom. The zero-order valence-corrected chi connectivity index (χ0v) is 24.0. The largest absolute Gasteiger partial charge is 0.395 e. The van der Waals surface area contributed by atoms with Crippen molar-refractivity contribution in [1.82, 2.24) is 4.90 Å². The molecular weight excluding hydrogens is 526 g/mol. The topological polar surface area (TPSA) is 60.4 Å². The molecule has 1 N–H and O–H groups in total. The van der Waals surface area contributed by atoms with Gasteiger partial charge in [0.05, 0.1) is 51.8 Å². The molecule has 0 saturated carbocycles. The maximum atomic E-state index is 10.1. The minimum Gasteiger partial charge on any atom is -0.395 e. The standard InChI is InChI=1S/C36H41NO5/c38-22-21-37-23-34(40-25-30-15-7-2-8-16-30)36(42-27-32-19-11-4-12-20-32)35(41-26-31-17-9-3-10-18-31)33(37)28-39-24-29-13-5-1-6-14-29/h1-20,33-36,38H,21-28H2/t33-,34?,35?,36-/m1/s1. The van der Waals surface area contributed by atoms with E-state index in [0.717, 1.165) is 22.3 Å². The number of β-amino-alcohol motifs (C(OH)–C–C–N with tert-alkyl or cyclic N) is 1. The summed E-state index contributed by atoms with van der Waals surface area (Å²) in [5.41, 5.74) is 4.40. The molecule has 5 rings (SSSR count). The normalized spacial score (nSPS) is 20.9. The highest BCUT2D eigenvalue weighted by Crippen LogP contribution is 2.29. The summed E-state index contributed by atoms with van der Waals surface area (Å²) < 4.78 is 26.3. The summed E-state index contributed by atoms with van der Waals surface area (Å²) >= 11 is 0. The molecule has 6 nitrogen and oxygen atoms in total. The Morgan fingerprint density at radius 1 is 0.548 bits per heavy atom. The van der Waals surface area contributed by atoms with Gasteiger partial charge in [0.1, 0.15) is 12.2 Å². The lowest BCUT2D eigenvalue weighted by molar-refractivity contribution is -0.211. The lowest BCUT2D eigenvalue weighted by Crippen LogP contribution is -2.65. The summed E-state index contributed by atoms with van der Waals surface area (Å²) in [7, 11) is 0. The van der Waals surface area contributed by atoms with E-state index in [1.807, 2.05) is 72.8 Å². The van der Waals surface area contributed by atoms with E-state index in [4.69, 9.17) is 18.9 Å². The molecule has 0 radical (unpaired) electrons. The Balaban J connectivity index is 1.40. The van der Waals surface area contributed by atoms with Crippen LogP contribution in [0.4, 0.5) is 0 Å². The van der Waals surface area contributed by atoms with E-state index in [1.165, 1.54) is 0 Å². The van der Waals surface area contributed by atoms with Crippen molar-refractivity contribution in [2.24, 2.45) is 0 Å². The van der Waals surface area contributed by atoms with Crippen molar-refractivity contribution in [3.05, 3.63) is 144 Å². The Hall–Kier alpha value is -3.36. The maximum absolute atomic E-state index is 10.1. The molecule has 4 aromatic carbocycles. The van der Waals surface area contributed by atoms with E-state index >= 15 is 0 Å². The molecule has 4 atom stereocenters. The van der Waals surface area contributed by atoms with E-state index in [9.17, 15) is 5.11 Å². The molecule has 1 fully saturated rings. The highest BCUT2D eigenvalue weighted by molar-refractivity contribution is 5.16. The van der Waals surface area contributed by atoms with Crippen molar-refractivity contribution in [3.63, 3.8) is 0 Å². The lowest BCUT2D eigenvalue weighted by Gasteiger charge is -2.48. The van der Waals surface area contributed by atoms with Crippen LogP contribution in [0.25, 0.3) is 0 Å². The number of aliphatic hydroxyl groups is 1. The molecule has 0 amide bonds. The summed E-state index contributed by atoms with van der Waals surface area (Å²) in [5, 5.41) is 10.1. The Morgan fingerprint density at radius 2 is 0.976 bits per heavy atom. The van der Waals surface area contributed by atoms with Gasteiger partial charge < -0.3 is 24.1 Å². The van der Waals surface area contributed by atoms with Crippen molar-refractivity contribution >= 4 is 0 Å². The van der Waals surface area contributed by atoms with Gasteiger partial charge >= 0.3 is 0 Å². The highest BCUT2D eigenvalue weighted by atomic mass is 16.6. The Kier molecular flexibility index (Phi) is 11.7. The molecule has 0 aromatic heterocycles. The van der Waals surface area contributed by atoms with E-state index < -0.39 is 0 Å². The predicted octanol–water partition coefficient (Wildman–Crippen LogP) is 5.64. The fourth-order valence-corrected chi connectivity index (χ4v) is 5.43. The fourth-order valence-electron chi connectivity index (χ4n) is 5.43. The molecule has 1 saturated heterocycles. The van der Waals surface area contributed by atoms with Crippen molar-refractivity contribution in [2.75, 3.05) is 26.3 Å². The zero-order valence-electron chi connectivity index (χ0n) is 24.0. The van der Waals surface area contributed by atoms with Crippen LogP contribution in [-0.2, 0) is 45.4 Å². The molecule has 1 heterocycles. The Bertz CT molecular complexity index is 1280. The number of rotatable bonds is 15. The van der Waals surface area contributed by atoms with Gasteiger partial charge in [0.15, 0.2) is 0 Å². The number of aliphatic hydroxyl groups excluding tert-OH is 1. The van der Waals surface area contributed by atoms with Crippen LogP contribution in [0, 0.1) is 0 Å². The van der Waals surface area contributed by atoms with Crippen molar-refractivity contribution in [1.29, 1.82) is 0 Å². The molecular formula is C36H41NO5. The minimum atomic E-state index is -0.356. The van der Waals surface area contributed by atoms with E-state index in [0.29, 0.717) is 46.1 Å². The summed E-state index contributed by atoms with van der Waals surface area (Å²) in [5.74, 6) is 0. The zero-order chi connectivity index (χ0) is 28.8. The van der Waals surface area contributed by atoms with Gasteiger partial charge in [-0.2, -0.15) is 0 Å². The van der Waals surface area contributed by atoms with Crippen LogP contribution in [0.3, 0.4) is 0 Å². The SMILES string of the molecule is OCCN1CC(OCc2ccccc2)[C@@H](OCc2ccccc2)C(OCc2ccccc2)[C@H]1COCc1ccccc1. The summed E-state index contributed by atoms with van der Waals surface area (Å²) in [6, 6.07) is 40.6. The first-order chi connectivity index (χ1) is 20.8. The first kappa shape index (κ1) is 30.1. The second-order valence-electron chi connectivity index (χ2n) is 10.6. The maximum Gasteiger partial charge on any atom is 0.113 e. The van der Waals surface area contributed by atoms with Gasteiger partial charge in [-0.25, -0.2) is 0 Å². The number of piperidine rings is 1. The lowest BCUT2D eigenvalue weighted by atomic mass is 9.93. The van der Waals surface area contributed by atoms with Crippen molar-refractivity contribution in [3.8, 4) is 0 Å². The average molecular weight is 568 g/mol. The molecule has 0 bridgehead atoms. The number of nitrogens with zero attached hydrogens (tertiary/aromatic N) is 1. The quantitative estimate of drug-likeness (QED) is 0.201. The molecule has 4 aromatic rings. The van der Waals surface area contributed by atoms with Gasteiger partial charge in [-0.15, -0.1) is 0 Å². The van der Waals surface area contributed by atoms with Crippen molar-refractivity contribution < 1.29 is 24.1 Å². The van der Waals surface area contributed by atoms with Gasteiger partial charge in [-0.3, -0.25) is 4.90 Å². The molecule has 1 aliphatic rings. The van der Waals surface area contributed by atoms with Gasteiger partial charge in [0.25, 0.3) is 0 Å². The van der Waals surface area contributed by atoms with Crippen LogP contribution in [-0.4, -0.2) is 60.7 Å². The van der Waals surface area contributed by atoms with E-state index in [-0.39, 0.29) is 31.0 Å². The van der Waals surface area contributed by atoms with E-state index in [1.54, 1.807) is 0 Å². The van der Waals surface area contributed by atoms with E-state index in [2.05, 4.69) is 53.4 Å². The molecule has 6 heteroatoms. The summed E-state index contributed by atoms with van der Waals surface area (Å²) in [4.78, 5) is 2.23. The third-order valence-corrected chi connectivity index (χ3v) is 7.62. The summed E-state index contributed by atoms with van der Waals surface area (Å²) in [6.45, 7) is 3.39. The number of hydrogen-bond donors (Lipinski definition) is 1. The Labute approximate surface area is 249 Å². The van der Waals surface area contributed by atoms with Gasteiger partial charge in [-0.1, -0.05) is 121 Å². The minimum absolute atomic E-state index is 0.0293. The van der Waals surface area contributed by atoms with Crippen molar-refractivity contribution in [2.45, 2.75) is 50.8 Å². The fraction of sp³-hybridized carbons (Fsp3) is 0.333. The van der Waals surface area contributed by atoms with Gasteiger partial charge in [0.2, 0.25) is 0 Å². The van der Waals surface area contributed by atoms with Crippen LogP contribution in [0.5, 0.6) is 0 Å². The van der Waals surface area contributed by atoms with Crippen LogP contribution >= 0.6 is 0 Å². The van der Waals surface area contributed by atoms with Gasteiger partial charge in [0, 0.05) is 13.1 Å². The van der Waals surface area contributed by atoms with Gasteiger partial charge in [-0.05, 0) is 22.3 Å². The number of benzene rings is 4. The smallest absolute Gasteiger partial charge is 0.113 e. The average Bonchev–Trinajstić information content (AvgIpc) is 3.05. The molecule has 1 aliphatic heterocycles. The number of hydrogen-bond acceptors (Lipinski definition) is 6. The van der Waals surface area contributed by atoms with Crippen LogP contribution in [0.15, 0.2) is 121 Å². The first-order valence-corrected chi connectivity index (χ1v) is 14.7. The second kappa shape index (κ2) is 16.3. The molecule has 42 heavy (non-hydrogen) atoms. The number of ether oxygens (including phenoxy) is 4. The third-order valence-electron chi connectivity index (χ3n) is 7.62. The molecule has 2 unspecified atom stereocenters. The third kappa shape index (κ3) is 8.82. The van der Waals surface area contributed by atoms with Crippen LogP contribution in [0.1, 0.15) is 22.3 Å². The monoisotopic (exact) mass is 567 g/mol. The highest BCUT2D eigenvalue weighted by Gasteiger charge is 2.46. The van der Waals surface area contributed by atoms with Crippen LogP contribution in [0.2, 0.25) is 0 Å². The molecule has 0 aliphatic carbocycles. The summed E-state index contributed by atoms with van der Waals surface area (Å²) in [6.07, 6.45) is -0.977. The second-order valence-corrected chi connectivity index (χ2v) is 10.6.